The van der Waals surface area contributed by atoms with Crippen LogP contribution in [0.2, 0.25) is 0 Å². The first-order chi connectivity index (χ1) is 6.29. The minimum Gasteiger partial charge on any atom is -0.326 e. The Balaban J connectivity index is 0.000000671. The van der Waals surface area contributed by atoms with E-state index in [0.717, 1.165) is 19.4 Å². The highest BCUT2D eigenvalue weighted by Crippen LogP contribution is 2.16. The summed E-state index contributed by atoms with van der Waals surface area (Å²) in [6.45, 7) is 4.76. The van der Waals surface area contributed by atoms with Gasteiger partial charge in [0.25, 0.3) is 0 Å². The minimum absolute atomic E-state index is 0.0686. The van der Waals surface area contributed by atoms with Gasteiger partial charge in [0.05, 0.1) is 6.07 Å². The van der Waals surface area contributed by atoms with Crippen LogP contribution in [0.1, 0.15) is 26.7 Å². The normalized spacial score (nSPS) is 20.2. The largest absolute Gasteiger partial charge is 0.326 e. The molecule has 3 nitrogen and oxygen atoms in total. The lowest BCUT2D eigenvalue weighted by Crippen LogP contribution is -2.35. The molecular formula is C9H17N2OP. The number of hydrogen-bond donors (Lipinski definition) is 0. The van der Waals surface area contributed by atoms with Crippen molar-refractivity contribution in [1.82, 2.24) is 4.90 Å². The third kappa shape index (κ3) is 3.32. The molecule has 0 radical (unpaired) electrons. The first-order valence-corrected chi connectivity index (χ1v) is 5.50. The van der Waals surface area contributed by atoms with E-state index in [-0.39, 0.29) is 11.9 Å². The minimum atomic E-state index is -0.164. The molecule has 0 spiro atoms. The van der Waals surface area contributed by atoms with Crippen molar-refractivity contribution in [1.29, 1.82) is 5.26 Å². The Morgan fingerprint density at radius 3 is 2.77 bits per heavy atom. The van der Waals surface area contributed by atoms with Crippen molar-refractivity contribution in [3.05, 3.63) is 0 Å². The summed E-state index contributed by atoms with van der Waals surface area (Å²) in [4.78, 5) is 12.8. The molecular weight excluding hydrogens is 183 g/mol. The number of carbonyl (C=O) groups is 1. The van der Waals surface area contributed by atoms with Crippen LogP contribution in [0.4, 0.5) is 0 Å². The van der Waals surface area contributed by atoms with E-state index in [4.69, 9.17) is 5.26 Å². The average Bonchev–Trinajstić information content (AvgIpc) is 2.67. The van der Waals surface area contributed by atoms with E-state index in [1.165, 1.54) is 0 Å². The summed E-state index contributed by atoms with van der Waals surface area (Å²) in [6, 6.07) is 1.96. The molecule has 2 unspecified atom stereocenters. The predicted molar refractivity (Wildman–Crippen MR) is 56.3 cm³/mol. The summed E-state index contributed by atoms with van der Waals surface area (Å²) in [7, 11) is 2.39. The smallest absolute Gasteiger partial charge is 0.227 e. The molecule has 0 aromatic carbocycles. The lowest BCUT2D eigenvalue weighted by molar-refractivity contribution is -0.128. The Bertz CT molecular complexity index is 200. The third-order valence-electron chi connectivity index (χ3n) is 1.90. The summed E-state index contributed by atoms with van der Waals surface area (Å²) >= 11 is 0. The van der Waals surface area contributed by atoms with Crippen molar-refractivity contribution in [2.24, 2.45) is 0 Å². The molecule has 0 aromatic rings. The molecule has 1 aliphatic heterocycles. The standard InChI is InChI=1S/C7H11N2OP.C2H6/c8-4-6-2-1-3-9(6)7(10)5-11;1-2/h6H,1-3,5,11H2;1-2H3. The van der Waals surface area contributed by atoms with Gasteiger partial charge in [0.2, 0.25) is 5.91 Å². The van der Waals surface area contributed by atoms with Gasteiger partial charge in [0, 0.05) is 12.7 Å². The van der Waals surface area contributed by atoms with Gasteiger partial charge in [-0.2, -0.15) is 5.26 Å². The number of amides is 1. The summed E-state index contributed by atoms with van der Waals surface area (Å²) in [5, 5.41) is 8.63. The maximum absolute atomic E-state index is 11.1. The highest BCUT2D eigenvalue weighted by Gasteiger charge is 2.26. The topological polar surface area (TPSA) is 44.1 Å². The molecule has 1 rings (SSSR count). The van der Waals surface area contributed by atoms with E-state index in [2.05, 4.69) is 15.3 Å². The average molecular weight is 200 g/mol. The molecule has 1 amide bonds. The molecule has 0 bridgehead atoms. The van der Waals surface area contributed by atoms with Crippen LogP contribution in [0.15, 0.2) is 0 Å². The van der Waals surface area contributed by atoms with E-state index in [1.54, 1.807) is 4.90 Å². The van der Waals surface area contributed by atoms with Crippen LogP contribution in [-0.4, -0.2) is 29.6 Å². The molecule has 4 heteroatoms. The lowest BCUT2D eigenvalue weighted by atomic mass is 10.2. The second-order valence-electron chi connectivity index (χ2n) is 2.58. The molecule has 1 saturated heterocycles. The zero-order chi connectivity index (χ0) is 10.3. The third-order valence-corrected chi connectivity index (χ3v) is 2.25. The highest BCUT2D eigenvalue weighted by molar-refractivity contribution is 7.18. The number of hydrogen-bond acceptors (Lipinski definition) is 2. The lowest BCUT2D eigenvalue weighted by Gasteiger charge is -2.17. The van der Waals surface area contributed by atoms with Crippen LogP contribution in [-0.2, 0) is 4.79 Å². The zero-order valence-electron chi connectivity index (χ0n) is 8.29. The van der Waals surface area contributed by atoms with Crippen molar-refractivity contribution in [2.45, 2.75) is 32.7 Å². The molecule has 13 heavy (non-hydrogen) atoms. The Hall–Kier alpha value is -0.610. The Morgan fingerprint density at radius 1 is 1.69 bits per heavy atom. The number of rotatable bonds is 1. The fourth-order valence-corrected chi connectivity index (χ4v) is 1.55. The fraction of sp³-hybridized carbons (Fsp3) is 0.778. The molecule has 74 valence electrons. The highest BCUT2D eigenvalue weighted by atomic mass is 31.0. The van der Waals surface area contributed by atoms with Gasteiger partial charge in [-0.1, -0.05) is 13.8 Å². The van der Waals surface area contributed by atoms with Crippen molar-refractivity contribution in [3.63, 3.8) is 0 Å². The monoisotopic (exact) mass is 200 g/mol. The molecule has 0 saturated carbocycles. The van der Waals surface area contributed by atoms with Gasteiger partial charge in [0.15, 0.2) is 0 Å². The second kappa shape index (κ2) is 6.86. The molecule has 1 fully saturated rings. The van der Waals surface area contributed by atoms with Gasteiger partial charge in [-0.15, -0.1) is 9.24 Å². The molecule has 0 aromatic heterocycles. The Kier molecular flexibility index (Phi) is 6.54. The van der Waals surface area contributed by atoms with Crippen LogP contribution in [0.25, 0.3) is 0 Å². The molecule has 1 heterocycles. The maximum atomic E-state index is 11.1. The van der Waals surface area contributed by atoms with Crippen LogP contribution in [0.5, 0.6) is 0 Å². The van der Waals surface area contributed by atoms with E-state index in [0.29, 0.717) is 6.16 Å². The van der Waals surface area contributed by atoms with E-state index >= 15 is 0 Å². The van der Waals surface area contributed by atoms with Crippen LogP contribution >= 0.6 is 9.24 Å². The van der Waals surface area contributed by atoms with Crippen molar-refractivity contribution in [3.8, 4) is 6.07 Å². The van der Waals surface area contributed by atoms with Gasteiger partial charge >= 0.3 is 0 Å². The Morgan fingerprint density at radius 2 is 2.31 bits per heavy atom. The van der Waals surface area contributed by atoms with E-state index in [9.17, 15) is 4.79 Å². The van der Waals surface area contributed by atoms with Crippen LogP contribution < -0.4 is 0 Å². The zero-order valence-corrected chi connectivity index (χ0v) is 9.44. The first kappa shape index (κ1) is 12.4. The van der Waals surface area contributed by atoms with Gasteiger partial charge in [-0.25, -0.2) is 0 Å². The van der Waals surface area contributed by atoms with Crippen molar-refractivity contribution in [2.75, 3.05) is 12.7 Å². The van der Waals surface area contributed by atoms with Gasteiger partial charge in [-0.3, -0.25) is 4.79 Å². The number of likely N-dealkylation sites (tertiary alicyclic amines) is 1. The van der Waals surface area contributed by atoms with Gasteiger partial charge < -0.3 is 4.90 Å². The number of carbonyl (C=O) groups excluding carboxylic acids is 1. The Labute approximate surface area is 82.3 Å². The summed E-state index contributed by atoms with van der Waals surface area (Å²) < 4.78 is 0. The summed E-state index contributed by atoms with van der Waals surface area (Å²) in [6.07, 6.45) is 2.24. The van der Waals surface area contributed by atoms with E-state index < -0.39 is 0 Å². The quantitative estimate of drug-likeness (QED) is 0.600. The molecule has 2 atom stereocenters. The molecule has 1 aliphatic rings. The van der Waals surface area contributed by atoms with E-state index in [1.807, 2.05) is 13.8 Å². The van der Waals surface area contributed by atoms with Crippen LogP contribution in [0.3, 0.4) is 0 Å². The summed E-state index contributed by atoms with van der Waals surface area (Å²) in [5.74, 6) is 0.0686. The SMILES string of the molecule is CC.N#CC1CCCN1C(=O)CP. The number of nitriles is 1. The van der Waals surface area contributed by atoms with Crippen molar-refractivity contribution >= 4 is 15.1 Å². The van der Waals surface area contributed by atoms with Gasteiger partial charge in [-0.05, 0) is 12.8 Å². The van der Waals surface area contributed by atoms with Crippen molar-refractivity contribution < 1.29 is 4.79 Å². The summed E-state index contributed by atoms with van der Waals surface area (Å²) in [5.41, 5.74) is 0. The molecule has 0 N–H and O–H groups in total. The molecule has 0 aliphatic carbocycles. The fourth-order valence-electron chi connectivity index (χ4n) is 1.32. The van der Waals surface area contributed by atoms with Crippen LogP contribution in [0, 0.1) is 11.3 Å². The number of nitrogens with zero attached hydrogens (tertiary/aromatic N) is 2. The predicted octanol–water partition coefficient (Wildman–Crippen LogP) is 1.40. The second-order valence-corrected chi connectivity index (χ2v) is 2.99. The first-order valence-electron chi connectivity index (χ1n) is 4.68. The van der Waals surface area contributed by atoms with Gasteiger partial charge in [0.1, 0.15) is 6.04 Å². The maximum Gasteiger partial charge on any atom is 0.227 e.